The molecule has 0 unspecified atom stereocenters. The standard InChI is InChI=1S/C14H15N5O/c1-19-9-17-18-13(19)6-7-15-14(20)11-8-16-12-5-3-2-4-10(11)12/h2-5,8-9,16H,6-7H2,1H3,(H,15,20). The highest BCUT2D eigenvalue weighted by Crippen LogP contribution is 2.17. The second-order valence-corrected chi connectivity index (χ2v) is 4.61. The van der Waals surface area contributed by atoms with Crippen LogP contribution in [0.3, 0.4) is 0 Å². The first-order valence-electron chi connectivity index (χ1n) is 6.43. The van der Waals surface area contributed by atoms with Crippen molar-refractivity contribution in [2.75, 3.05) is 6.54 Å². The van der Waals surface area contributed by atoms with Gasteiger partial charge in [-0.1, -0.05) is 18.2 Å². The zero-order chi connectivity index (χ0) is 13.9. The third-order valence-electron chi connectivity index (χ3n) is 3.27. The molecule has 0 spiro atoms. The number of nitrogens with one attached hydrogen (secondary N) is 2. The zero-order valence-corrected chi connectivity index (χ0v) is 11.1. The van der Waals surface area contributed by atoms with Gasteiger partial charge in [-0.2, -0.15) is 0 Å². The van der Waals surface area contributed by atoms with Crippen molar-refractivity contribution in [3.05, 3.63) is 48.2 Å². The predicted octanol–water partition coefficient (Wildman–Crippen LogP) is 1.27. The van der Waals surface area contributed by atoms with Gasteiger partial charge in [0.1, 0.15) is 12.2 Å². The number of nitrogens with zero attached hydrogens (tertiary/aromatic N) is 3. The van der Waals surface area contributed by atoms with Crippen LogP contribution in [0, 0.1) is 0 Å². The number of H-pyrrole nitrogens is 1. The molecular formula is C14H15N5O. The van der Waals surface area contributed by atoms with Crippen LogP contribution < -0.4 is 5.32 Å². The van der Waals surface area contributed by atoms with Gasteiger partial charge in [0.25, 0.3) is 5.91 Å². The summed E-state index contributed by atoms with van der Waals surface area (Å²) < 4.78 is 1.85. The largest absolute Gasteiger partial charge is 0.360 e. The second-order valence-electron chi connectivity index (χ2n) is 4.61. The van der Waals surface area contributed by atoms with Gasteiger partial charge in [0.15, 0.2) is 0 Å². The van der Waals surface area contributed by atoms with Crippen LogP contribution in [0.15, 0.2) is 36.8 Å². The molecule has 0 bridgehead atoms. The van der Waals surface area contributed by atoms with Gasteiger partial charge in [0.05, 0.1) is 5.56 Å². The molecule has 0 atom stereocenters. The van der Waals surface area contributed by atoms with Gasteiger partial charge >= 0.3 is 0 Å². The third kappa shape index (κ3) is 2.27. The average molecular weight is 269 g/mol. The van der Waals surface area contributed by atoms with E-state index in [0.717, 1.165) is 16.7 Å². The van der Waals surface area contributed by atoms with E-state index in [1.165, 1.54) is 0 Å². The van der Waals surface area contributed by atoms with Crippen LogP contribution in [0.25, 0.3) is 10.9 Å². The first kappa shape index (κ1) is 12.4. The molecule has 2 aromatic heterocycles. The number of hydrogen-bond donors (Lipinski definition) is 2. The molecule has 0 aliphatic rings. The Kier molecular flexibility index (Phi) is 3.20. The quantitative estimate of drug-likeness (QED) is 0.749. The average Bonchev–Trinajstić information content (AvgIpc) is 3.05. The lowest BCUT2D eigenvalue weighted by Gasteiger charge is -2.04. The Labute approximate surface area is 115 Å². The fourth-order valence-corrected chi connectivity index (χ4v) is 2.18. The number of hydrogen-bond acceptors (Lipinski definition) is 3. The van der Waals surface area contributed by atoms with E-state index in [-0.39, 0.29) is 5.91 Å². The summed E-state index contributed by atoms with van der Waals surface area (Å²) >= 11 is 0. The number of aromatic nitrogens is 4. The van der Waals surface area contributed by atoms with Crippen LogP contribution in [0.4, 0.5) is 0 Å². The molecule has 3 rings (SSSR count). The van der Waals surface area contributed by atoms with Crippen LogP contribution in [-0.2, 0) is 13.5 Å². The summed E-state index contributed by atoms with van der Waals surface area (Å²) in [6.07, 6.45) is 4.05. The molecule has 2 N–H and O–H groups in total. The third-order valence-corrected chi connectivity index (χ3v) is 3.27. The van der Waals surface area contributed by atoms with Gasteiger partial charge in [-0.05, 0) is 6.07 Å². The number of carbonyl (C=O) groups is 1. The molecular weight excluding hydrogens is 254 g/mol. The molecule has 0 saturated carbocycles. The number of benzene rings is 1. The van der Waals surface area contributed by atoms with Crippen molar-refractivity contribution in [3.63, 3.8) is 0 Å². The SMILES string of the molecule is Cn1cnnc1CCNC(=O)c1c[nH]c2ccccc12. The number of aromatic amines is 1. The van der Waals surface area contributed by atoms with Gasteiger partial charge in [-0.15, -0.1) is 10.2 Å². The van der Waals surface area contributed by atoms with Crippen LogP contribution in [0.5, 0.6) is 0 Å². The highest BCUT2D eigenvalue weighted by atomic mass is 16.1. The molecule has 0 aliphatic heterocycles. The maximum Gasteiger partial charge on any atom is 0.253 e. The summed E-state index contributed by atoms with van der Waals surface area (Å²) in [6, 6.07) is 7.75. The van der Waals surface area contributed by atoms with E-state index < -0.39 is 0 Å². The summed E-state index contributed by atoms with van der Waals surface area (Å²) in [7, 11) is 1.89. The molecule has 6 nitrogen and oxygen atoms in total. The van der Waals surface area contributed by atoms with Crippen molar-refractivity contribution in [1.29, 1.82) is 0 Å². The normalized spacial score (nSPS) is 10.8. The monoisotopic (exact) mass is 269 g/mol. The Hall–Kier alpha value is -2.63. The van der Waals surface area contributed by atoms with Crippen LogP contribution in [-0.4, -0.2) is 32.2 Å². The minimum absolute atomic E-state index is 0.0791. The van der Waals surface area contributed by atoms with Gasteiger partial charge in [-0.25, -0.2) is 0 Å². The molecule has 0 saturated heterocycles. The topological polar surface area (TPSA) is 75.6 Å². The van der Waals surface area contributed by atoms with Crippen LogP contribution in [0.1, 0.15) is 16.2 Å². The first-order chi connectivity index (χ1) is 9.75. The number of rotatable bonds is 4. The van der Waals surface area contributed by atoms with E-state index in [0.29, 0.717) is 18.5 Å². The minimum Gasteiger partial charge on any atom is -0.360 e. The van der Waals surface area contributed by atoms with E-state index in [1.54, 1.807) is 12.5 Å². The molecule has 6 heteroatoms. The summed E-state index contributed by atoms with van der Waals surface area (Å²) in [5.74, 6) is 0.772. The van der Waals surface area contributed by atoms with E-state index in [2.05, 4.69) is 20.5 Å². The fraction of sp³-hybridized carbons (Fsp3) is 0.214. The van der Waals surface area contributed by atoms with E-state index in [4.69, 9.17) is 0 Å². The molecule has 0 radical (unpaired) electrons. The van der Waals surface area contributed by atoms with Crippen molar-refractivity contribution in [3.8, 4) is 0 Å². The maximum atomic E-state index is 12.2. The Balaban J connectivity index is 1.66. The predicted molar refractivity (Wildman–Crippen MR) is 75.3 cm³/mol. The van der Waals surface area contributed by atoms with E-state index in [9.17, 15) is 4.79 Å². The van der Waals surface area contributed by atoms with Crippen molar-refractivity contribution >= 4 is 16.8 Å². The van der Waals surface area contributed by atoms with Gasteiger partial charge < -0.3 is 14.9 Å². The van der Waals surface area contributed by atoms with Crippen molar-refractivity contribution in [2.24, 2.45) is 7.05 Å². The van der Waals surface area contributed by atoms with Gasteiger partial charge in [0, 0.05) is 37.1 Å². The number of fused-ring (bicyclic) bond motifs is 1. The van der Waals surface area contributed by atoms with Crippen molar-refractivity contribution in [1.82, 2.24) is 25.1 Å². The van der Waals surface area contributed by atoms with E-state index in [1.807, 2.05) is 35.9 Å². The summed E-state index contributed by atoms with van der Waals surface area (Å²) in [5, 5.41) is 11.6. The summed E-state index contributed by atoms with van der Waals surface area (Å²) in [5.41, 5.74) is 1.63. The molecule has 0 aliphatic carbocycles. The maximum absolute atomic E-state index is 12.2. The highest BCUT2D eigenvalue weighted by molar-refractivity contribution is 6.06. The Morgan fingerprint density at radius 3 is 3.05 bits per heavy atom. The Bertz CT molecular complexity index is 743. The molecule has 1 amide bonds. The summed E-state index contributed by atoms with van der Waals surface area (Å²) in [4.78, 5) is 15.3. The van der Waals surface area contributed by atoms with Gasteiger partial charge in [0.2, 0.25) is 0 Å². The molecule has 1 aromatic carbocycles. The van der Waals surface area contributed by atoms with Crippen molar-refractivity contribution in [2.45, 2.75) is 6.42 Å². The zero-order valence-electron chi connectivity index (χ0n) is 11.1. The number of para-hydroxylation sites is 1. The molecule has 2 heterocycles. The lowest BCUT2D eigenvalue weighted by atomic mass is 10.1. The van der Waals surface area contributed by atoms with Crippen LogP contribution in [0.2, 0.25) is 0 Å². The molecule has 20 heavy (non-hydrogen) atoms. The number of carbonyl (C=O) groups excluding carboxylic acids is 1. The molecule has 0 fully saturated rings. The van der Waals surface area contributed by atoms with Gasteiger partial charge in [-0.3, -0.25) is 4.79 Å². The lowest BCUT2D eigenvalue weighted by molar-refractivity contribution is 0.0955. The fourth-order valence-electron chi connectivity index (χ4n) is 2.18. The van der Waals surface area contributed by atoms with Crippen LogP contribution >= 0.6 is 0 Å². The Morgan fingerprint density at radius 2 is 2.25 bits per heavy atom. The molecule has 3 aromatic rings. The highest BCUT2D eigenvalue weighted by Gasteiger charge is 2.11. The summed E-state index contributed by atoms with van der Waals surface area (Å²) in [6.45, 7) is 0.533. The first-order valence-corrected chi connectivity index (χ1v) is 6.43. The molecule has 102 valence electrons. The van der Waals surface area contributed by atoms with Crippen molar-refractivity contribution < 1.29 is 4.79 Å². The minimum atomic E-state index is -0.0791. The smallest absolute Gasteiger partial charge is 0.253 e. The Morgan fingerprint density at radius 1 is 1.40 bits per heavy atom. The lowest BCUT2D eigenvalue weighted by Crippen LogP contribution is -2.26. The number of amides is 1. The second kappa shape index (κ2) is 5.16. The van der Waals surface area contributed by atoms with E-state index >= 15 is 0 Å². The number of aryl methyl sites for hydroxylation is 1.